The van der Waals surface area contributed by atoms with Crippen molar-refractivity contribution in [2.24, 2.45) is 5.73 Å². The van der Waals surface area contributed by atoms with E-state index in [1.165, 1.54) is 6.07 Å². The lowest BCUT2D eigenvalue weighted by Gasteiger charge is -2.17. The summed E-state index contributed by atoms with van der Waals surface area (Å²) in [6.07, 6.45) is 0. The van der Waals surface area contributed by atoms with E-state index < -0.39 is 0 Å². The molecule has 5 heteroatoms. The number of aliphatic hydroxyl groups is 1. The summed E-state index contributed by atoms with van der Waals surface area (Å²) < 4.78 is 14.2. The van der Waals surface area contributed by atoms with Crippen LogP contribution in [0.3, 0.4) is 0 Å². The van der Waals surface area contributed by atoms with Gasteiger partial charge in [0.2, 0.25) is 0 Å². The molecule has 1 aromatic rings. The van der Waals surface area contributed by atoms with Crippen LogP contribution in [-0.4, -0.2) is 24.8 Å². The van der Waals surface area contributed by atoms with Crippen LogP contribution in [0.4, 0.5) is 4.39 Å². The molecule has 0 aliphatic carbocycles. The van der Waals surface area contributed by atoms with Gasteiger partial charge in [0.1, 0.15) is 5.82 Å². The molecule has 0 aliphatic rings. The van der Waals surface area contributed by atoms with Gasteiger partial charge in [-0.3, -0.25) is 0 Å². The van der Waals surface area contributed by atoms with Crippen LogP contribution in [0, 0.1) is 5.82 Å². The number of benzene rings is 1. The minimum absolute atomic E-state index is 0.00858. The van der Waals surface area contributed by atoms with Gasteiger partial charge in [-0.05, 0) is 12.1 Å². The van der Waals surface area contributed by atoms with Crippen molar-refractivity contribution in [2.45, 2.75) is 6.04 Å². The summed E-state index contributed by atoms with van der Waals surface area (Å²) in [5, 5.41) is 11.6. The fourth-order valence-corrected chi connectivity index (χ4v) is 1.68. The molecule has 1 aromatic carbocycles. The summed E-state index contributed by atoms with van der Waals surface area (Å²) in [5.41, 5.74) is 6.05. The van der Waals surface area contributed by atoms with Gasteiger partial charge in [0.25, 0.3) is 0 Å². The summed E-state index contributed by atoms with van der Waals surface area (Å²) in [4.78, 5) is 0. The third kappa shape index (κ3) is 3.53. The molecule has 0 saturated heterocycles. The van der Waals surface area contributed by atoms with Crippen molar-refractivity contribution in [2.75, 3.05) is 19.7 Å². The van der Waals surface area contributed by atoms with E-state index in [0.717, 1.165) is 0 Å². The van der Waals surface area contributed by atoms with Gasteiger partial charge in [-0.15, -0.1) is 0 Å². The van der Waals surface area contributed by atoms with Gasteiger partial charge in [0.05, 0.1) is 6.61 Å². The number of hydrogen-bond acceptors (Lipinski definition) is 3. The van der Waals surface area contributed by atoms with Crippen LogP contribution in [0.2, 0.25) is 0 Å². The van der Waals surface area contributed by atoms with Crippen molar-refractivity contribution in [1.82, 2.24) is 5.32 Å². The van der Waals surface area contributed by atoms with Crippen LogP contribution >= 0.6 is 15.9 Å². The lowest BCUT2D eigenvalue weighted by Crippen LogP contribution is -2.31. The van der Waals surface area contributed by atoms with Crippen molar-refractivity contribution < 1.29 is 9.50 Å². The second kappa shape index (κ2) is 6.17. The topological polar surface area (TPSA) is 58.3 Å². The van der Waals surface area contributed by atoms with Crippen LogP contribution in [0.1, 0.15) is 11.6 Å². The Kier molecular flexibility index (Phi) is 5.17. The largest absolute Gasteiger partial charge is 0.395 e. The van der Waals surface area contributed by atoms with Gasteiger partial charge in [0.15, 0.2) is 0 Å². The number of nitrogens with two attached hydrogens (primary N) is 1. The average Bonchev–Trinajstić information content (AvgIpc) is 2.21. The number of rotatable bonds is 5. The minimum atomic E-state index is -0.301. The summed E-state index contributed by atoms with van der Waals surface area (Å²) in [5.74, 6) is -0.301. The Morgan fingerprint density at radius 3 is 2.80 bits per heavy atom. The molecule has 0 bridgehead atoms. The highest BCUT2D eigenvalue weighted by molar-refractivity contribution is 9.10. The molecule has 3 nitrogen and oxygen atoms in total. The first-order valence-corrected chi connectivity index (χ1v) is 5.47. The molecule has 1 atom stereocenters. The summed E-state index contributed by atoms with van der Waals surface area (Å²) >= 11 is 3.19. The Morgan fingerprint density at radius 1 is 1.53 bits per heavy atom. The highest BCUT2D eigenvalue weighted by Crippen LogP contribution is 2.20. The van der Waals surface area contributed by atoms with Crippen molar-refractivity contribution in [3.8, 4) is 0 Å². The first-order chi connectivity index (χ1) is 7.19. The molecule has 4 N–H and O–H groups in total. The lowest BCUT2D eigenvalue weighted by molar-refractivity contribution is 0.284. The molecule has 0 aliphatic heterocycles. The zero-order valence-electron chi connectivity index (χ0n) is 8.21. The number of aliphatic hydroxyl groups excluding tert-OH is 1. The van der Waals surface area contributed by atoms with Gasteiger partial charge in [-0.25, -0.2) is 4.39 Å². The zero-order chi connectivity index (χ0) is 11.3. The molecular weight excluding hydrogens is 263 g/mol. The van der Waals surface area contributed by atoms with Crippen molar-refractivity contribution in [3.05, 3.63) is 34.1 Å². The predicted octanol–water partition coefficient (Wildman–Crippen LogP) is 1.17. The number of nitrogens with one attached hydrogen (secondary N) is 1. The molecule has 84 valence electrons. The Bertz CT molecular complexity index is 322. The molecule has 1 rings (SSSR count). The van der Waals surface area contributed by atoms with E-state index in [0.29, 0.717) is 23.1 Å². The Balaban J connectivity index is 2.81. The molecular formula is C10H14BrFN2O. The van der Waals surface area contributed by atoms with Crippen LogP contribution in [0.15, 0.2) is 22.7 Å². The van der Waals surface area contributed by atoms with Crippen LogP contribution in [0.5, 0.6) is 0 Å². The van der Waals surface area contributed by atoms with Crippen LogP contribution < -0.4 is 11.1 Å². The smallest absolute Gasteiger partial charge is 0.129 e. The third-order valence-electron chi connectivity index (χ3n) is 2.08. The van der Waals surface area contributed by atoms with E-state index in [4.69, 9.17) is 10.8 Å². The third-order valence-corrected chi connectivity index (χ3v) is 2.57. The molecule has 1 unspecified atom stereocenters. The second-order valence-electron chi connectivity index (χ2n) is 3.13. The Morgan fingerprint density at radius 2 is 2.27 bits per heavy atom. The number of halogens is 2. The fourth-order valence-electron chi connectivity index (χ4n) is 1.34. The molecule has 15 heavy (non-hydrogen) atoms. The van der Waals surface area contributed by atoms with Crippen LogP contribution in [-0.2, 0) is 0 Å². The van der Waals surface area contributed by atoms with Crippen LogP contribution in [0.25, 0.3) is 0 Å². The van der Waals surface area contributed by atoms with Crippen molar-refractivity contribution in [3.63, 3.8) is 0 Å². The standard InChI is InChI=1S/C10H14BrFN2O/c11-7-1-2-8(9(12)5-7)10(6-13)14-3-4-15/h1-2,5,10,14-15H,3-4,6,13H2. The predicted molar refractivity (Wildman–Crippen MR) is 61.0 cm³/mol. The number of hydrogen-bond donors (Lipinski definition) is 3. The van der Waals surface area contributed by atoms with Gasteiger partial charge in [0, 0.05) is 29.2 Å². The normalized spacial score (nSPS) is 12.8. The van der Waals surface area contributed by atoms with E-state index in [2.05, 4.69) is 21.2 Å². The maximum Gasteiger partial charge on any atom is 0.129 e. The van der Waals surface area contributed by atoms with Gasteiger partial charge in [-0.2, -0.15) is 0 Å². The van der Waals surface area contributed by atoms with Crippen molar-refractivity contribution >= 4 is 15.9 Å². The molecule has 0 aromatic heterocycles. The summed E-state index contributed by atoms with van der Waals surface area (Å²) in [7, 11) is 0. The first-order valence-electron chi connectivity index (χ1n) is 4.68. The van der Waals surface area contributed by atoms with Gasteiger partial charge in [-0.1, -0.05) is 22.0 Å². The maximum absolute atomic E-state index is 13.5. The van der Waals surface area contributed by atoms with E-state index in [9.17, 15) is 4.39 Å². The summed E-state index contributed by atoms with van der Waals surface area (Å²) in [6, 6.07) is 4.59. The quantitative estimate of drug-likeness (QED) is 0.757. The van der Waals surface area contributed by atoms with E-state index in [1.54, 1.807) is 12.1 Å². The molecule has 0 heterocycles. The van der Waals surface area contributed by atoms with Crippen molar-refractivity contribution in [1.29, 1.82) is 0 Å². The highest BCUT2D eigenvalue weighted by atomic mass is 79.9. The molecule has 0 amide bonds. The lowest BCUT2D eigenvalue weighted by atomic mass is 10.1. The van der Waals surface area contributed by atoms with Gasteiger partial charge < -0.3 is 16.2 Å². The molecule has 0 radical (unpaired) electrons. The molecule has 0 saturated carbocycles. The van der Waals surface area contributed by atoms with E-state index in [-0.39, 0.29) is 18.5 Å². The molecule has 0 spiro atoms. The maximum atomic E-state index is 13.5. The first kappa shape index (κ1) is 12.6. The molecule has 0 fully saturated rings. The second-order valence-corrected chi connectivity index (χ2v) is 4.05. The minimum Gasteiger partial charge on any atom is -0.395 e. The summed E-state index contributed by atoms with van der Waals surface area (Å²) in [6.45, 7) is 0.699. The SMILES string of the molecule is NCC(NCCO)c1ccc(Br)cc1F. The van der Waals surface area contributed by atoms with E-state index in [1.807, 2.05) is 0 Å². The highest BCUT2D eigenvalue weighted by Gasteiger charge is 2.13. The Labute approximate surface area is 96.6 Å². The Hall–Kier alpha value is -0.490. The van der Waals surface area contributed by atoms with Gasteiger partial charge >= 0.3 is 0 Å². The monoisotopic (exact) mass is 276 g/mol. The zero-order valence-corrected chi connectivity index (χ0v) is 9.80. The average molecular weight is 277 g/mol. The van der Waals surface area contributed by atoms with E-state index >= 15 is 0 Å². The fraction of sp³-hybridized carbons (Fsp3) is 0.400.